The molecular formula is C129H113B3N4O7S. The SMILES string of the molecule is CC(C)c1cc(C(C)C)c(B2c3ccccc3N(c3ccccc3)c3cc4c(=O)c5ccccc5n5c6ccccc6c(=O)c(c32)c45)c(C(C)C)c1.CC(C)c1cc(C(C)C)c(B2c3ccccc3Oc3cc4c(=O)c5ccccc5n5c6ccccc6c(=O)c(c32)c45)c(C(C)C)c1.CC(C)c1cc(C(C)C)c(B2c3ccccc3Sc3cc4c(=O)c5ccccc5n5c6ccccc6c(=O)c(c32)c45)c(C(C)C)c1. The Hall–Kier alpha value is -14.9. The van der Waals surface area contributed by atoms with Crippen molar-refractivity contribution < 1.29 is 4.74 Å². The molecule has 0 fully saturated rings. The van der Waals surface area contributed by atoms with E-state index >= 15 is 4.79 Å². The summed E-state index contributed by atoms with van der Waals surface area (Å²) in [5, 5.41) is 7.35. The molecule has 15 heteroatoms. The Bertz CT molecular complexity index is 9070. The number of rotatable bonds is 13. The first-order valence-corrected chi connectivity index (χ1v) is 52.2. The largest absolute Gasteiger partial charge is 0.458 e. The van der Waals surface area contributed by atoms with Crippen LogP contribution in [-0.2, 0) is 0 Å². The smallest absolute Gasteiger partial charge is 0.252 e. The fourth-order valence-corrected chi connectivity index (χ4v) is 25.6. The van der Waals surface area contributed by atoms with Gasteiger partial charge in [-0.25, -0.2) is 0 Å². The minimum atomic E-state index is -0.264. The molecule has 0 saturated heterocycles. The number of fused-ring (bicyclic) bond motifs is 21. The van der Waals surface area contributed by atoms with Crippen molar-refractivity contribution in [1.29, 1.82) is 0 Å². The lowest BCUT2D eigenvalue weighted by Gasteiger charge is -2.39. The first-order valence-electron chi connectivity index (χ1n) is 51.4. The lowest BCUT2D eigenvalue weighted by molar-refractivity contribution is 0.488. The average Bonchev–Trinajstić information content (AvgIpc) is 0.668. The van der Waals surface area contributed by atoms with E-state index in [1.165, 1.54) is 76.8 Å². The van der Waals surface area contributed by atoms with E-state index in [-0.39, 0.29) is 88.2 Å². The number of anilines is 3. The molecule has 3 aliphatic heterocycles. The molecule has 16 aromatic carbocycles. The summed E-state index contributed by atoms with van der Waals surface area (Å²) in [4.78, 5) is 93.0. The van der Waals surface area contributed by atoms with E-state index < -0.39 is 0 Å². The van der Waals surface area contributed by atoms with Crippen LogP contribution in [0.15, 0.2) is 342 Å². The highest BCUT2D eigenvalue weighted by molar-refractivity contribution is 8.00. The van der Waals surface area contributed by atoms with E-state index in [0.29, 0.717) is 99.2 Å². The van der Waals surface area contributed by atoms with Gasteiger partial charge in [0.1, 0.15) is 11.5 Å². The summed E-state index contributed by atoms with van der Waals surface area (Å²) in [5.41, 5.74) is 31.4. The number of hydrogen-bond donors (Lipinski definition) is 0. The van der Waals surface area contributed by atoms with E-state index in [9.17, 15) is 24.0 Å². The van der Waals surface area contributed by atoms with Gasteiger partial charge in [-0.05, 0) is 252 Å². The lowest BCUT2D eigenvalue weighted by atomic mass is 9.32. The first kappa shape index (κ1) is 92.8. The van der Waals surface area contributed by atoms with Crippen molar-refractivity contribution in [1.82, 2.24) is 13.2 Å². The fraction of sp³-hybridized carbons (Fsp3) is 0.209. The van der Waals surface area contributed by atoms with E-state index in [1.807, 2.05) is 170 Å². The monoisotopic (exact) mass is 1890 g/mol. The fourth-order valence-electron chi connectivity index (χ4n) is 24.4. The maximum Gasteiger partial charge on any atom is 0.252 e. The number of para-hydroxylation sites is 9. The number of nitrogens with zero attached hydrogens (tertiary/aromatic N) is 4. The van der Waals surface area contributed by atoms with Gasteiger partial charge in [0.15, 0.2) is 32.6 Å². The van der Waals surface area contributed by atoms with Gasteiger partial charge >= 0.3 is 0 Å². The van der Waals surface area contributed by atoms with Crippen molar-refractivity contribution in [3.05, 3.63) is 415 Å². The molecule has 22 aromatic rings. The van der Waals surface area contributed by atoms with Crippen molar-refractivity contribution in [2.75, 3.05) is 4.90 Å². The van der Waals surface area contributed by atoms with E-state index in [4.69, 9.17) is 4.74 Å². The molecule has 0 amide bonds. The number of hydrogen-bond acceptors (Lipinski definition) is 9. The van der Waals surface area contributed by atoms with E-state index in [1.54, 1.807) is 11.8 Å². The van der Waals surface area contributed by atoms with Crippen LogP contribution < -0.4 is 91.4 Å². The standard InChI is InChI=1S/C47H41BN2O2.C41H36BNO3.C41H36BNO2S/c1-27(2)30-24-34(28(3)4)43(35(25-30)29(5)6)48-37-20-12-15-23-40(37)49(31-16-8-7-9-17-31)41-26-36-45-42(44(41)48)47(52)33-19-11-14-22-39(33)50(45)38-21-13-10-18-32(38)46(36)51;2*1-22(2)25-19-28(23(3)4)37(29(20-25)24(5)6)42-31-15-9-12-18-34(31)46-35-21-30-39-36(38(35)42)41(45)27-14-8-11-17-33(27)43(39)32-16-10-7-13-26(32)40(30)44/h7-29H,1-6H3;2*7-24H,1-6H3. The maximum atomic E-state index is 15.4. The predicted molar refractivity (Wildman–Crippen MR) is 613 cm³/mol. The summed E-state index contributed by atoms with van der Waals surface area (Å²) in [6, 6.07) is 103. The molecule has 25 rings (SSSR count). The molecule has 0 N–H and O–H groups in total. The normalized spacial score (nSPS) is 13.1. The van der Waals surface area contributed by atoms with Gasteiger partial charge in [0.2, 0.25) is 13.4 Å². The van der Waals surface area contributed by atoms with Crippen LogP contribution >= 0.6 is 11.8 Å². The summed E-state index contributed by atoms with van der Waals surface area (Å²) >= 11 is 1.69. The third-order valence-corrected chi connectivity index (χ3v) is 32.4. The van der Waals surface area contributed by atoms with Gasteiger partial charge in [-0.1, -0.05) is 340 Å². The molecule has 706 valence electrons. The van der Waals surface area contributed by atoms with Crippen LogP contribution in [0.25, 0.3) is 114 Å². The van der Waals surface area contributed by atoms with Crippen molar-refractivity contribution in [2.45, 2.75) is 188 Å². The first-order chi connectivity index (χ1) is 69.5. The molecule has 11 nitrogen and oxygen atoms in total. The highest BCUT2D eigenvalue weighted by Crippen LogP contribution is 2.45. The summed E-state index contributed by atoms with van der Waals surface area (Å²) in [5.74, 6) is 4.03. The van der Waals surface area contributed by atoms with Crippen LogP contribution in [0, 0.1) is 0 Å². The van der Waals surface area contributed by atoms with Crippen LogP contribution in [0.4, 0.5) is 17.1 Å². The maximum absolute atomic E-state index is 15.4. The Morgan fingerprint density at radius 2 is 0.528 bits per heavy atom. The highest BCUT2D eigenvalue weighted by Gasteiger charge is 2.46. The quantitative estimate of drug-likeness (QED) is 0.0629. The summed E-state index contributed by atoms with van der Waals surface area (Å²) < 4.78 is 13.2. The minimum Gasteiger partial charge on any atom is -0.458 e. The predicted octanol–water partition coefficient (Wildman–Crippen LogP) is 24.7. The van der Waals surface area contributed by atoms with Gasteiger partial charge in [-0.15, -0.1) is 0 Å². The molecule has 0 radical (unpaired) electrons. The van der Waals surface area contributed by atoms with Crippen molar-refractivity contribution >= 4 is 212 Å². The molecule has 0 bridgehead atoms. The van der Waals surface area contributed by atoms with Gasteiger partial charge in [-0.2, -0.15) is 0 Å². The van der Waals surface area contributed by atoms with Gasteiger partial charge < -0.3 is 22.8 Å². The van der Waals surface area contributed by atoms with Crippen LogP contribution in [0.1, 0.15) is 228 Å². The highest BCUT2D eigenvalue weighted by atomic mass is 32.2. The number of ether oxygens (including phenoxy) is 1. The van der Waals surface area contributed by atoms with Gasteiger partial charge in [0.05, 0.1) is 55.0 Å². The second-order valence-corrected chi connectivity index (χ2v) is 43.9. The van der Waals surface area contributed by atoms with Crippen LogP contribution in [0.3, 0.4) is 0 Å². The average molecular weight is 1900 g/mol. The third-order valence-electron chi connectivity index (χ3n) is 31.3. The molecule has 9 heterocycles. The van der Waals surface area contributed by atoms with Crippen molar-refractivity contribution in [3.63, 3.8) is 0 Å². The third kappa shape index (κ3) is 14.3. The second kappa shape index (κ2) is 35.6. The van der Waals surface area contributed by atoms with Crippen LogP contribution in [0.5, 0.6) is 11.5 Å². The van der Waals surface area contributed by atoms with Crippen molar-refractivity contribution in [2.24, 2.45) is 0 Å². The molecule has 3 aliphatic rings. The molecular weight excluding hydrogens is 1780 g/mol. The zero-order valence-corrected chi connectivity index (χ0v) is 85.7. The Morgan fingerprint density at radius 1 is 0.229 bits per heavy atom. The molecule has 144 heavy (non-hydrogen) atoms. The topological polar surface area (TPSA) is 128 Å². The Balaban J connectivity index is 0.000000120. The Labute approximate surface area is 843 Å². The summed E-state index contributed by atoms with van der Waals surface area (Å²) in [6.07, 6.45) is 0. The van der Waals surface area contributed by atoms with E-state index in [2.05, 4.69) is 276 Å². The molecule has 0 unspecified atom stereocenters. The van der Waals surface area contributed by atoms with Crippen LogP contribution in [-0.4, -0.2) is 33.3 Å². The number of benzene rings is 16. The zero-order valence-electron chi connectivity index (χ0n) is 84.9. The molecule has 0 spiro atoms. The Kier molecular flexibility index (Phi) is 22.9. The Morgan fingerprint density at radius 3 is 0.917 bits per heavy atom. The lowest BCUT2D eigenvalue weighted by Crippen LogP contribution is -2.60. The summed E-state index contributed by atoms with van der Waals surface area (Å²) in [7, 11) is 0. The minimum absolute atomic E-state index is 0.00638. The molecule has 0 atom stereocenters. The number of pyridine rings is 6. The van der Waals surface area contributed by atoms with E-state index in [0.717, 1.165) is 93.6 Å². The molecule has 0 aliphatic carbocycles. The zero-order chi connectivity index (χ0) is 100. The van der Waals surface area contributed by atoms with Crippen LogP contribution in [0.2, 0.25) is 0 Å². The van der Waals surface area contributed by atoms with Crippen molar-refractivity contribution in [3.8, 4) is 11.5 Å². The summed E-state index contributed by atoms with van der Waals surface area (Å²) in [6.45, 7) is 40.2. The van der Waals surface area contributed by atoms with Gasteiger partial charge in [0, 0.05) is 86.1 Å². The second-order valence-electron chi connectivity index (χ2n) is 42.8. The molecule has 0 saturated carbocycles. The van der Waals surface area contributed by atoms with Gasteiger partial charge in [0.25, 0.3) is 6.71 Å². The molecule has 6 aromatic heterocycles. The number of aromatic nitrogens is 3. The van der Waals surface area contributed by atoms with Gasteiger partial charge in [-0.3, -0.25) is 28.8 Å².